The van der Waals surface area contributed by atoms with Gasteiger partial charge < -0.3 is 15.3 Å². The number of carbonyl (C=O) groups excluding carboxylic acids is 1. The number of carbonyl (C=O) groups is 2. The molecule has 1 heterocycles. The molecule has 0 spiro atoms. The molecular weight excluding hydrogens is 248 g/mol. The largest absolute Gasteiger partial charge is 0.477 e. The van der Waals surface area contributed by atoms with E-state index in [4.69, 9.17) is 9.94 Å². The molecule has 19 heavy (non-hydrogen) atoms. The minimum atomic E-state index is -1.13. The van der Waals surface area contributed by atoms with Crippen molar-refractivity contribution in [2.75, 3.05) is 6.54 Å². The molecule has 0 aromatic rings. The number of oxime groups is 1. The molecule has 1 amide bonds. The zero-order valence-corrected chi connectivity index (χ0v) is 11.5. The van der Waals surface area contributed by atoms with Gasteiger partial charge in [0.15, 0.2) is 5.71 Å². The Morgan fingerprint density at radius 3 is 2.79 bits per heavy atom. The van der Waals surface area contributed by atoms with Gasteiger partial charge in [-0.05, 0) is 12.3 Å². The van der Waals surface area contributed by atoms with E-state index in [1.165, 1.54) is 0 Å². The van der Waals surface area contributed by atoms with Gasteiger partial charge in [0.05, 0.1) is 0 Å². The summed E-state index contributed by atoms with van der Waals surface area (Å²) in [6.07, 6.45) is 3.65. The zero-order chi connectivity index (χ0) is 14.3. The van der Waals surface area contributed by atoms with E-state index < -0.39 is 12.1 Å². The van der Waals surface area contributed by atoms with Gasteiger partial charge in [0, 0.05) is 13.0 Å². The number of hydrogen-bond acceptors (Lipinski definition) is 4. The Balaban J connectivity index is 2.30. The molecule has 1 aliphatic heterocycles. The lowest BCUT2D eigenvalue weighted by Gasteiger charge is -2.16. The van der Waals surface area contributed by atoms with Gasteiger partial charge in [0.25, 0.3) is 5.91 Å². The Kier molecular flexibility index (Phi) is 6.32. The lowest BCUT2D eigenvalue weighted by molar-refractivity contribution is -0.131. The molecule has 0 radical (unpaired) electrons. The maximum atomic E-state index is 11.8. The molecule has 108 valence electrons. The van der Waals surface area contributed by atoms with Crippen LogP contribution >= 0.6 is 0 Å². The SMILES string of the molecule is CCCCC(CC)CNC(=O)C1CC(C(=O)O)=NO1. The Morgan fingerprint density at radius 1 is 1.53 bits per heavy atom. The van der Waals surface area contributed by atoms with Crippen LogP contribution in [0.4, 0.5) is 0 Å². The first-order chi connectivity index (χ1) is 9.08. The summed E-state index contributed by atoms with van der Waals surface area (Å²) in [7, 11) is 0. The average Bonchev–Trinajstić information content (AvgIpc) is 2.88. The number of rotatable bonds is 8. The first-order valence-electron chi connectivity index (χ1n) is 6.82. The average molecular weight is 270 g/mol. The first kappa shape index (κ1) is 15.5. The van der Waals surface area contributed by atoms with Crippen LogP contribution < -0.4 is 5.32 Å². The fourth-order valence-electron chi connectivity index (χ4n) is 1.95. The summed E-state index contributed by atoms with van der Waals surface area (Å²) >= 11 is 0. The quantitative estimate of drug-likeness (QED) is 0.700. The van der Waals surface area contributed by atoms with Gasteiger partial charge >= 0.3 is 5.97 Å². The third-order valence-electron chi connectivity index (χ3n) is 3.32. The van der Waals surface area contributed by atoms with Crippen LogP contribution in [0.15, 0.2) is 5.16 Å². The van der Waals surface area contributed by atoms with E-state index in [9.17, 15) is 9.59 Å². The molecule has 1 rings (SSSR count). The molecule has 0 bridgehead atoms. The minimum absolute atomic E-state index is 0.0346. The molecule has 0 aromatic carbocycles. The molecule has 2 atom stereocenters. The maximum absolute atomic E-state index is 11.8. The van der Waals surface area contributed by atoms with Crippen molar-refractivity contribution >= 4 is 17.6 Å². The summed E-state index contributed by atoms with van der Waals surface area (Å²) in [5.41, 5.74) is -0.0989. The van der Waals surface area contributed by atoms with Crippen molar-refractivity contribution in [2.24, 2.45) is 11.1 Å². The van der Waals surface area contributed by atoms with Crippen LogP contribution in [0.2, 0.25) is 0 Å². The van der Waals surface area contributed by atoms with Gasteiger partial charge in [-0.2, -0.15) is 0 Å². The Hall–Kier alpha value is -1.59. The summed E-state index contributed by atoms with van der Waals surface area (Å²) in [6, 6.07) is 0. The zero-order valence-electron chi connectivity index (χ0n) is 11.5. The molecule has 0 saturated carbocycles. The monoisotopic (exact) mass is 270 g/mol. The van der Waals surface area contributed by atoms with Gasteiger partial charge in [-0.3, -0.25) is 4.79 Å². The molecule has 2 N–H and O–H groups in total. The van der Waals surface area contributed by atoms with Gasteiger partial charge in [-0.1, -0.05) is 38.3 Å². The highest BCUT2D eigenvalue weighted by atomic mass is 16.6. The Morgan fingerprint density at radius 2 is 2.26 bits per heavy atom. The summed E-state index contributed by atoms with van der Waals surface area (Å²) in [5.74, 6) is -0.954. The van der Waals surface area contributed by atoms with Crippen molar-refractivity contribution in [1.29, 1.82) is 0 Å². The number of unbranched alkanes of at least 4 members (excludes halogenated alkanes) is 1. The molecule has 0 aliphatic carbocycles. The number of carboxylic acid groups (broad SMARTS) is 1. The van der Waals surface area contributed by atoms with E-state index in [0.717, 1.165) is 25.7 Å². The standard InChI is InChI=1S/C13H22N2O4/c1-3-5-6-9(4-2)8-14-12(16)11-7-10(13(17)18)15-19-11/h9,11H,3-8H2,1-2H3,(H,14,16)(H,17,18). The molecule has 6 heteroatoms. The van der Waals surface area contributed by atoms with Crippen molar-refractivity contribution < 1.29 is 19.5 Å². The normalized spacial score (nSPS) is 19.5. The van der Waals surface area contributed by atoms with E-state index in [0.29, 0.717) is 12.5 Å². The fourth-order valence-corrected chi connectivity index (χ4v) is 1.95. The second-order valence-corrected chi connectivity index (χ2v) is 4.80. The molecule has 0 saturated heterocycles. The fraction of sp³-hybridized carbons (Fsp3) is 0.769. The van der Waals surface area contributed by atoms with E-state index in [-0.39, 0.29) is 18.0 Å². The van der Waals surface area contributed by atoms with Gasteiger partial charge in [0.2, 0.25) is 6.10 Å². The molecule has 0 fully saturated rings. The third kappa shape index (κ3) is 4.89. The van der Waals surface area contributed by atoms with Crippen LogP contribution in [0.25, 0.3) is 0 Å². The van der Waals surface area contributed by atoms with E-state index in [1.807, 2.05) is 0 Å². The highest BCUT2D eigenvalue weighted by Gasteiger charge is 2.31. The summed E-state index contributed by atoms with van der Waals surface area (Å²) in [4.78, 5) is 27.3. The third-order valence-corrected chi connectivity index (χ3v) is 3.32. The summed E-state index contributed by atoms with van der Waals surface area (Å²) < 4.78 is 0. The molecule has 1 aliphatic rings. The van der Waals surface area contributed by atoms with Crippen molar-refractivity contribution in [1.82, 2.24) is 5.32 Å². The van der Waals surface area contributed by atoms with E-state index in [1.54, 1.807) is 0 Å². The molecule has 2 unspecified atom stereocenters. The smallest absolute Gasteiger partial charge is 0.353 e. The predicted octanol–water partition coefficient (Wildman–Crippen LogP) is 1.55. The van der Waals surface area contributed by atoms with Crippen molar-refractivity contribution in [3.63, 3.8) is 0 Å². The second-order valence-electron chi connectivity index (χ2n) is 4.80. The molecule has 6 nitrogen and oxygen atoms in total. The highest BCUT2D eigenvalue weighted by molar-refractivity contribution is 6.36. The highest BCUT2D eigenvalue weighted by Crippen LogP contribution is 2.13. The van der Waals surface area contributed by atoms with Crippen LogP contribution in [-0.4, -0.2) is 35.3 Å². The maximum Gasteiger partial charge on any atom is 0.353 e. The van der Waals surface area contributed by atoms with E-state index in [2.05, 4.69) is 24.3 Å². The summed E-state index contributed by atoms with van der Waals surface area (Å²) in [6.45, 7) is 4.85. The number of amides is 1. The second kappa shape index (κ2) is 7.76. The lowest BCUT2D eigenvalue weighted by Crippen LogP contribution is -2.38. The van der Waals surface area contributed by atoms with Gasteiger partial charge in [0.1, 0.15) is 0 Å². The predicted molar refractivity (Wildman–Crippen MR) is 70.9 cm³/mol. The van der Waals surface area contributed by atoms with Crippen molar-refractivity contribution in [3.8, 4) is 0 Å². The van der Waals surface area contributed by atoms with Crippen molar-refractivity contribution in [3.05, 3.63) is 0 Å². The first-order valence-corrected chi connectivity index (χ1v) is 6.82. The number of aliphatic carboxylic acids is 1. The molecular formula is C13H22N2O4. The minimum Gasteiger partial charge on any atom is -0.477 e. The van der Waals surface area contributed by atoms with Crippen LogP contribution in [-0.2, 0) is 14.4 Å². The summed E-state index contributed by atoms with van der Waals surface area (Å²) in [5, 5.41) is 14.9. The lowest BCUT2D eigenvalue weighted by atomic mass is 9.99. The van der Waals surface area contributed by atoms with Gasteiger partial charge in [-0.15, -0.1) is 0 Å². The number of hydrogen-bond donors (Lipinski definition) is 2. The van der Waals surface area contributed by atoms with Crippen LogP contribution in [0.3, 0.4) is 0 Å². The van der Waals surface area contributed by atoms with Crippen LogP contribution in [0.1, 0.15) is 46.0 Å². The Labute approximate surface area is 113 Å². The number of nitrogens with one attached hydrogen (secondary N) is 1. The van der Waals surface area contributed by atoms with Crippen LogP contribution in [0.5, 0.6) is 0 Å². The van der Waals surface area contributed by atoms with Gasteiger partial charge in [-0.25, -0.2) is 4.79 Å². The number of nitrogens with zero attached hydrogens (tertiary/aromatic N) is 1. The Bertz CT molecular complexity index is 355. The van der Waals surface area contributed by atoms with E-state index >= 15 is 0 Å². The number of carboxylic acids is 1. The van der Waals surface area contributed by atoms with Crippen LogP contribution in [0, 0.1) is 5.92 Å². The topological polar surface area (TPSA) is 88.0 Å². The molecule has 0 aromatic heterocycles. The van der Waals surface area contributed by atoms with Crippen molar-refractivity contribution in [2.45, 2.75) is 52.1 Å².